The number of piperidine rings is 1. The molecule has 2 atom stereocenters. The van der Waals surface area contributed by atoms with Gasteiger partial charge < -0.3 is 19.5 Å². The molecule has 1 aliphatic carbocycles. The highest BCUT2D eigenvalue weighted by molar-refractivity contribution is 5.85. The minimum absolute atomic E-state index is 0.242. The second kappa shape index (κ2) is 8.80. The fraction of sp³-hybridized carbons (Fsp3) is 0.762. The molecule has 0 aromatic carbocycles. The van der Waals surface area contributed by atoms with E-state index in [1.165, 1.54) is 19.4 Å². The van der Waals surface area contributed by atoms with Crippen molar-refractivity contribution >= 4 is 11.9 Å². The highest BCUT2D eigenvalue weighted by Crippen LogP contribution is 2.49. The SMILES string of the molecule is CC(C)n1cnc(C2CN(CC3CC3)CC23CCCN(C)C3=O)c1.O=C(O)C(F)(F)F. The monoisotopic (exact) mass is 444 g/mol. The summed E-state index contributed by atoms with van der Waals surface area (Å²) >= 11 is 0. The van der Waals surface area contributed by atoms with Crippen LogP contribution in [0.15, 0.2) is 12.5 Å². The second-order valence-corrected chi connectivity index (χ2v) is 9.32. The van der Waals surface area contributed by atoms with Crippen molar-refractivity contribution in [2.75, 3.05) is 33.2 Å². The first-order valence-electron chi connectivity index (χ1n) is 10.8. The number of rotatable bonds is 4. The van der Waals surface area contributed by atoms with Gasteiger partial charge in [-0.05, 0) is 45.4 Å². The van der Waals surface area contributed by atoms with Gasteiger partial charge >= 0.3 is 12.1 Å². The van der Waals surface area contributed by atoms with Gasteiger partial charge in [0, 0.05) is 51.4 Å². The van der Waals surface area contributed by atoms with Crippen LogP contribution in [0.1, 0.15) is 57.2 Å². The van der Waals surface area contributed by atoms with Crippen molar-refractivity contribution in [3.63, 3.8) is 0 Å². The van der Waals surface area contributed by atoms with Gasteiger partial charge in [-0.2, -0.15) is 13.2 Å². The summed E-state index contributed by atoms with van der Waals surface area (Å²) in [4.78, 5) is 31.3. The van der Waals surface area contributed by atoms with Crippen LogP contribution in [0.4, 0.5) is 13.2 Å². The molecule has 1 aromatic rings. The van der Waals surface area contributed by atoms with Crippen LogP contribution >= 0.6 is 0 Å². The quantitative estimate of drug-likeness (QED) is 0.772. The number of aliphatic carboxylic acids is 1. The fourth-order valence-corrected chi connectivity index (χ4v) is 4.69. The van der Waals surface area contributed by atoms with Crippen molar-refractivity contribution in [3.8, 4) is 0 Å². The molecule has 0 radical (unpaired) electrons. The first kappa shape index (κ1) is 23.6. The molecule has 2 unspecified atom stereocenters. The van der Waals surface area contributed by atoms with E-state index >= 15 is 0 Å². The molecule has 10 heteroatoms. The zero-order valence-corrected chi connectivity index (χ0v) is 18.2. The van der Waals surface area contributed by atoms with Gasteiger partial charge in [0.1, 0.15) is 0 Å². The molecule has 1 aromatic heterocycles. The first-order valence-corrected chi connectivity index (χ1v) is 10.8. The molecule has 2 aliphatic heterocycles. The van der Waals surface area contributed by atoms with E-state index in [2.05, 4.69) is 29.5 Å². The number of likely N-dealkylation sites (tertiary alicyclic amines) is 2. The molecule has 2 saturated heterocycles. The Bertz CT molecular complexity index is 806. The van der Waals surface area contributed by atoms with E-state index < -0.39 is 12.1 Å². The number of imidazole rings is 1. The van der Waals surface area contributed by atoms with Crippen LogP contribution in [0.5, 0.6) is 0 Å². The maximum absolute atomic E-state index is 13.2. The van der Waals surface area contributed by atoms with Crippen molar-refractivity contribution in [2.24, 2.45) is 11.3 Å². The highest BCUT2D eigenvalue weighted by atomic mass is 19.4. The minimum atomic E-state index is -5.08. The lowest BCUT2D eigenvalue weighted by atomic mass is 9.70. The van der Waals surface area contributed by atoms with Crippen LogP contribution in [0, 0.1) is 11.3 Å². The van der Waals surface area contributed by atoms with Gasteiger partial charge in [0.25, 0.3) is 0 Å². The second-order valence-electron chi connectivity index (χ2n) is 9.32. The molecule has 4 rings (SSSR count). The van der Waals surface area contributed by atoms with Crippen LogP contribution in [-0.4, -0.2) is 75.7 Å². The van der Waals surface area contributed by atoms with Gasteiger partial charge in [-0.1, -0.05) is 0 Å². The van der Waals surface area contributed by atoms with E-state index in [9.17, 15) is 18.0 Å². The smallest absolute Gasteiger partial charge is 0.475 e. The van der Waals surface area contributed by atoms with E-state index in [1.807, 2.05) is 18.3 Å². The molecule has 0 bridgehead atoms. The molecular formula is C21H31F3N4O3. The Labute approximate surface area is 180 Å². The summed E-state index contributed by atoms with van der Waals surface area (Å²) in [6.45, 7) is 8.33. The van der Waals surface area contributed by atoms with E-state index in [0.717, 1.165) is 44.1 Å². The lowest BCUT2D eigenvalue weighted by Gasteiger charge is -2.40. The minimum Gasteiger partial charge on any atom is -0.475 e. The lowest BCUT2D eigenvalue weighted by Crippen LogP contribution is -2.50. The number of carboxylic acid groups (broad SMARTS) is 1. The number of halogens is 3. The summed E-state index contributed by atoms with van der Waals surface area (Å²) in [5, 5.41) is 7.12. The van der Waals surface area contributed by atoms with Crippen LogP contribution in [0.3, 0.4) is 0 Å². The molecule has 3 aliphatic rings. The Morgan fingerprint density at radius 2 is 2.00 bits per heavy atom. The fourth-order valence-electron chi connectivity index (χ4n) is 4.69. The number of amides is 1. The van der Waals surface area contributed by atoms with Crippen molar-refractivity contribution in [1.29, 1.82) is 0 Å². The Kier molecular flexibility index (Phi) is 6.69. The standard InChI is InChI=1S/C19H30N4O.C2HF3O2/c1-14(2)23-11-17(20-13-23)16-10-22(9-15-5-6-15)12-19(16)7-4-8-21(3)18(19)24;3-2(4,5)1(6)7/h11,13-16H,4-10,12H2,1-3H3;(H,6,7). The normalized spacial score (nSPS) is 27.0. The number of hydrogen-bond acceptors (Lipinski definition) is 4. The van der Waals surface area contributed by atoms with Gasteiger partial charge in [0.15, 0.2) is 0 Å². The van der Waals surface area contributed by atoms with Gasteiger partial charge in [-0.15, -0.1) is 0 Å². The third kappa shape index (κ3) is 5.22. The Hall–Kier alpha value is -2.10. The van der Waals surface area contributed by atoms with Crippen molar-refractivity contribution in [3.05, 3.63) is 18.2 Å². The zero-order chi connectivity index (χ0) is 23.0. The van der Waals surface area contributed by atoms with Gasteiger partial charge in [-0.25, -0.2) is 9.78 Å². The van der Waals surface area contributed by atoms with Crippen LogP contribution < -0.4 is 0 Å². The van der Waals surface area contributed by atoms with Crippen molar-refractivity contribution in [1.82, 2.24) is 19.4 Å². The van der Waals surface area contributed by atoms with Crippen LogP contribution in [0.25, 0.3) is 0 Å². The van der Waals surface area contributed by atoms with E-state index in [0.29, 0.717) is 11.9 Å². The van der Waals surface area contributed by atoms with Crippen molar-refractivity contribution in [2.45, 2.75) is 57.7 Å². The molecule has 174 valence electrons. The summed E-state index contributed by atoms with van der Waals surface area (Å²) < 4.78 is 33.9. The zero-order valence-electron chi connectivity index (χ0n) is 18.2. The van der Waals surface area contributed by atoms with Gasteiger partial charge in [0.2, 0.25) is 5.91 Å². The van der Waals surface area contributed by atoms with Gasteiger partial charge in [-0.3, -0.25) is 4.79 Å². The molecule has 3 heterocycles. The number of carboxylic acids is 1. The Balaban J connectivity index is 0.000000339. The predicted octanol–water partition coefficient (Wildman–Crippen LogP) is 3.15. The summed E-state index contributed by atoms with van der Waals surface area (Å²) in [5.74, 6) is -1.31. The number of carbonyl (C=O) groups is 2. The summed E-state index contributed by atoms with van der Waals surface area (Å²) in [6.07, 6.45) is 3.89. The maximum Gasteiger partial charge on any atom is 0.490 e. The van der Waals surface area contributed by atoms with Gasteiger partial charge in [0.05, 0.1) is 17.4 Å². The average molecular weight is 444 g/mol. The number of carbonyl (C=O) groups excluding carboxylic acids is 1. The number of alkyl halides is 3. The Morgan fingerprint density at radius 3 is 2.52 bits per heavy atom. The predicted molar refractivity (Wildman–Crippen MR) is 108 cm³/mol. The number of aromatic nitrogens is 2. The molecule has 7 nitrogen and oxygen atoms in total. The molecular weight excluding hydrogens is 413 g/mol. The average Bonchev–Trinajstić information content (AvgIpc) is 3.22. The molecule has 31 heavy (non-hydrogen) atoms. The molecule has 1 N–H and O–H groups in total. The molecule has 1 spiro atoms. The molecule has 3 fully saturated rings. The maximum atomic E-state index is 13.2. The van der Waals surface area contributed by atoms with Crippen LogP contribution in [0.2, 0.25) is 0 Å². The molecule has 1 saturated carbocycles. The lowest BCUT2D eigenvalue weighted by molar-refractivity contribution is -0.192. The van der Waals surface area contributed by atoms with E-state index in [1.54, 1.807) is 0 Å². The number of nitrogens with zero attached hydrogens (tertiary/aromatic N) is 4. The largest absolute Gasteiger partial charge is 0.490 e. The third-order valence-electron chi connectivity index (χ3n) is 6.53. The third-order valence-corrected chi connectivity index (χ3v) is 6.53. The van der Waals surface area contributed by atoms with Crippen LogP contribution in [-0.2, 0) is 9.59 Å². The number of hydrogen-bond donors (Lipinski definition) is 1. The van der Waals surface area contributed by atoms with Crippen molar-refractivity contribution < 1.29 is 27.9 Å². The first-order chi connectivity index (χ1) is 14.4. The van der Waals surface area contributed by atoms with E-state index in [-0.39, 0.29) is 11.3 Å². The highest BCUT2D eigenvalue weighted by Gasteiger charge is 2.55. The van der Waals surface area contributed by atoms with E-state index in [4.69, 9.17) is 14.9 Å². The summed E-state index contributed by atoms with van der Waals surface area (Å²) in [5.41, 5.74) is 0.864. The Morgan fingerprint density at radius 1 is 1.35 bits per heavy atom. The summed E-state index contributed by atoms with van der Waals surface area (Å²) in [6, 6.07) is 0.413. The molecule has 1 amide bonds. The topological polar surface area (TPSA) is 78.7 Å². The summed E-state index contributed by atoms with van der Waals surface area (Å²) in [7, 11) is 1.97.